The predicted molar refractivity (Wildman–Crippen MR) is 121 cm³/mol. The number of nitrogens with two attached hydrogens (primary N) is 1. The van der Waals surface area contributed by atoms with Gasteiger partial charge in [-0.15, -0.1) is 0 Å². The summed E-state index contributed by atoms with van der Waals surface area (Å²) in [5.74, 6) is -1.38. The Morgan fingerprint density at radius 3 is 2.25 bits per heavy atom. The Morgan fingerprint density at radius 1 is 1.00 bits per heavy atom. The number of carbonyl (C=O) groups is 1. The molecule has 32 heavy (non-hydrogen) atoms. The number of rotatable bonds is 22. The molecule has 2 unspecified atom stereocenters. The van der Waals surface area contributed by atoms with E-state index in [2.05, 4.69) is 28.1 Å². The number of methoxy groups -OCH3 is 1. The first-order valence-electron chi connectivity index (χ1n) is 11.3. The fraction of sp³-hybridized carbons (Fsp3) is 0.857. The topological polar surface area (TPSA) is 158 Å². The van der Waals surface area contributed by atoms with Crippen LogP contribution in [0.15, 0.2) is 12.2 Å². The van der Waals surface area contributed by atoms with Crippen molar-refractivity contribution in [3.8, 4) is 0 Å². The molecule has 0 aliphatic rings. The predicted octanol–water partition coefficient (Wildman–Crippen LogP) is 3.01. The number of ether oxygens (including phenoxy) is 2. The number of phosphoric acid groups is 1. The Labute approximate surface area is 191 Å². The number of phosphoric ester groups is 1. The molecule has 0 aromatic carbocycles. The van der Waals surface area contributed by atoms with Gasteiger partial charge in [0.2, 0.25) is 0 Å². The van der Waals surface area contributed by atoms with Gasteiger partial charge in [0.15, 0.2) is 0 Å². The standard InChI is InChI=1S/C21H42NO9P/c1-3-4-5-6-7-8-9-10-11-12-13-19(28-2)16-29-14-18(23)15-30-32(26,27)31-17-20(22)21(24)25/h9-10,18-20,23H,3-8,11-17,22H2,1-2H3,(H,24,25)(H,26,27)/b10-9-/t18-,19?,20+/m1/s1. The van der Waals surface area contributed by atoms with Gasteiger partial charge in [-0.1, -0.05) is 44.8 Å². The van der Waals surface area contributed by atoms with E-state index in [4.69, 9.17) is 20.3 Å². The molecule has 0 saturated heterocycles. The van der Waals surface area contributed by atoms with Crippen molar-refractivity contribution in [2.24, 2.45) is 5.73 Å². The summed E-state index contributed by atoms with van der Waals surface area (Å²) in [4.78, 5) is 20.0. The molecule has 0 radical (unpaired) electrons. The lowest BCUT2D eigenvalue weighted by molar-refractivity contribution is -0.139. The summed E-state index contributed by atoms with van der Waals surface area (Å²) in [6, 6.07) is -1.45. The number of allylic oxidation sites excluding steroid dienone is 2. The van der Waals surface area contributed by atoms with Gasteiger partial charge in [0.1, 0.15) is 12.1 Å². The average molecular weight is 484 g/mol. The summed E-state index contributed by atoms with van der Waals surface area (Å²) in [6.07, 6.45) is 13.5. The summed E-state index contributed by atoms with van der Waals surface area (Å²) in [5.41, 5.74) is 5.17. The third kappa shape index (κ3) is 18.7. The lowest BCUT2D eigenvalue weighted by Crippen LogP contribution is -2.34. The molecule has 0 aliphatic carbocycles. The maximum Gasteiger partial charge on any atom is 0.472 e. The number of carboxylic acid groups (broad SMARTS) is 1. The Kier molecular flexibility index (Phi) is 19.1. The molecule has 0 aromatic rings. The second kappa shape index (κ2) is 19.6. The van der Waals surface area contributed by atoms with Crippen LogP contribution in [0.4, 0.5) is 0 Å². The molecule has 4 atom stereocenters. The van der Waals surface area contributed by atoms with Crippen molar-refractivity contribution >= 4 is 13.8 Å². The molecule has 11 heteroatoms. The fourth-order valence-electron chi connectivity index (χ4n) is 2.68. The average Bonchev–Trinajstić information content (AvgIpc) is 2.76. The molecule has 0 aromatic heterocycles. The Hall–Kier alpha value is -0.840. The summed E-state index contributed by atoms with van der Waals surface area (Å²) in [6.45, 7) is 1.16. The highest BCUT2D eigenvalue weighted by atomic mass is 31.2. The third-order valence-electron chi connectivity index (χ3n) is 4.65. The maximum atomic E-state index is 11.6. The van der Waals surface area contributed by atoms with Gasteiger partial charge in [-0.25, -0.2) is 4.57 Å². The zero-order valence-corrected chi connectivity index (χ0v) is 20.3. The van der Waals surface area contributed by atoms with Crippen molar-refractivity contribution in [2.45, 2.75) is 83.0 Å². The van der Waals surface area contributed by atoms with Crippen LogP contribution in [0, 0.1) is 0 Å². The maximum absolute atomic E-state index is 11.6. The van der Waals surface area contributed by atoms with Crippen LogP contribution in [0.3, 0.4) is 0 Å². The molecule has 0 saturated carbocycles. The lowest BCUT2D eigenvalue weighted by atomic mass is 10.1. The molecule has 0 heterocycles. The highest BCUT2D eigenvalue weighted by Crippen LogP contribution is 2.43. The van der Waals surface area contributed by atoms with Crippen LogP contribution < -0.4 is 5.73 Å². The number of aliphatic hydroxyl groups excluding tert-OH is 1. The van der Waals surface area contributed by atoms with E-state index in [1.54, 1.807) is 7.11 Å². The molecule has 0 spiro atoms. The van der Waals surface area contributed by atoms with Gasteiger partial charge in [0, 0.05) is 7.11 Å². The molecule has 0 fully saturated rings. The van der Waals surface area contributed by atoms with Crippen molar-refractivity contribution in [3.05, 3.63) is 12.2 Å². The monoisotopic (exact) mass is 483 g/mol. The summed E-state index contributed by atoms with van der Waals surface area (Å²) in [7, 11) is -2.92. The van der Waals surface area contributed by atoms with Crippen LogP contribution in [0.5, 0.6) is 0 Å². The number of unbranched alkanes of at least 4 members (excludes halogenated alkanes) is 6. The molecular weight excluding hydrogens is 441 g/mol. The lowest BCUT2D eigenvalue weighted by Gasteiger charge is -2.18. The number of hydrogen-bond donors (Lipinski definition) is 4. The van der Waals surface area contributed by atoms with Gasteiger partial charge in [-0.05, 0) is 32.1 Å². The van der Waals surface area contributed by atoms with E-state index in [1.807, 2.05) is 0 Å². The molecular formula is C21H42NO9P. The number of aliphatic carboxylic acids is 1. The van der Waals surface area contributed by atoms with Gasteiger partial charge in [-0.3, -0.25) is 13.8 Å². The summed E-state index contributed by atoms with van der Waals surface area (Å²) < 4.78 is 31.5. The largest absolute Gasteiger partial charge is 0.480 e. The minimum Gasteiger partial charge on any atom is -0.480 e. The van der Waals surface area contributed by atoms with Gasteiger partial charge < -0.3 is 30.3 Å². The normalized spacial score (nSPS) is 16.7. The van der Waals surface area contributed by atoms with Crippen LogP contribution in [0.1, 0.15) is 64.7 Å². The second-order valence-electron chi connectivity index (χ2n) is 7.66. The summed E-state index contributed by atoms with van der Waals surface area (Å²) >= 11 is 0. The number of aliphatic hydroxyl groups is 1. The Bertz CT molecular complexity index is 547. The van der Waals surface area contributed by atoms with Crippen LogP contribution in [0.2, 0.25) is 0 Å². The quantitative estimate of drug-likeness (QED) is 0.102. The Balaban J connectivity index is 3.86. The highest BCUT2D eigenvalue weighted by molar-refractivity contribution is 7.47. The van der Waals surface area contributed by atoms with Crippen molar-refractivity contribution in [3.63, 3.8) is 0 Å². The van der Waals surface area contributed by atoms with Crippen LogP contribution in [0.25, 0.3) is 0 Å². The number of hydrogen-bond acceptors (Lipinski definition) is 8. The van der Waals surface area contributed by atoms with Gasteiger partial charge >= 0.3 is 13.8 Å². The van der Waals surface area contributed by atoms with E-state index < -0.39 is 39.2 Å². The van der Waals surface area contributed by atoms with E-state index in [-0.39, 0.29) is 19.3 Å². The van der Waals surface area contributed by atoms with Crippen molar-refractivity contribution in [1.82, 2.24) is 0 Å². The van der Waals surface area contributed by atoms with E-state index in [9.17, 15) is 19.4 Å². The van der Waals surface area contributed by atoms with E-state index in [1.165, 1.54) is 32.1 Å². The summed E-state index contributed by atoms with van der Waals surface area (Å²) in [5, 5.41) is 18.4. The minimum absolute atomic E-state index is 0.115. The minimum atomic E-state index is -4.52. The first-order valence-corrected chi connectivity index (χ1v) is 12.7. The molecule has 10 nitrogen and oxygen atoms in total. The molecule has 0 bridgehead atoms. The van der Waals surface area contributed by atoms with Crippen molar-refractivity contribution in [1.29, 1.82) is 0 Å². The fourth-order valence-corrected chi connectivity index (χ4v) is 3.46. The van der Waals surface area contributed by atoms with Crippen LogP contribution in [-0.4, -0.2) is 72.9 Å². The van der Waals surface area contributed by atoms with Gasteiger partial charge in [0.05, 0.1) is 32.5 Å². The first-order chi connectivity index (χ1) is 15.2. The molecule has 0 aliphatic heterocycles. The van der Waals surface area contributed by atoms with E-state index >= 15 is 0 Å². The zero-order chi connectivity index (χ0) is 24.2. The van der Waals surface area contributed by atoms with Crippen LogP contribution >= 0.6 is 7.82 Å². The van der Waals surface area contributed by atoms with Gasteiger partial charge in [-0.2, -0.15) is 0 Å². The van der Waals surface area contributed by atoms with E-state index in [0.717, 1.165) is 25.7 Å². The highest BCUT2D eigenvalue weighted by Gasteiger charge is 2.25. The SMILES string of the molecule is CCCCCCC/C=C\CCCC(COC[C@@H](O)COP(=O)(O)OC[C@H](N)C(=O)O)OC. The zero-order valence-electron chi connectivity index (χ0n) is 19.4. The second-order valence-corrected chi connectivity index (χ2v) is 9.11. The first kappa shape index (κ1) is 31.2. The van der Waals surface area contributed by atoms with Crippen molar-refractivity contribution < 1.29 is 43.0 Å². The molecule has 190 valence electrons. The van der Waals surface area contributed by atoms with E-state index in [0.29, 0.717) is 0 Å². The number of carboxylic acids is 1. The Morgan fingerprint density at radius 2 is 1.62 bits per heavy atom. The van der Waals surface area contributed by atoms with Gasteiger partial charge in [0.25, 0.3) is 0 Å². The van der Waals surface area contributed by atoms with Crippen molar-refractivity contribution in [2.75, 3.05) is 33.5 Å². The molecule has 5 N–H and O–H groups in total. The smallest absolute Gasteiger partial charge is 0.472 e. The third-order valence-corrected chi connectivity index (χ3v) is 5.60. The van der Waals surface area contributed by atoms with Crippen LogP contribution in [-0.2, 0) is 27.9 Å². The molecule has 0 rings (SSSR count). The molecule has 0 amide bonds.